The Morgan fingerprint density at radius 1 is 0.909 bits per heavy atom. The van der Waals surface area contributed by atoms with E-state index in [-0.39, 0.29) is 11.6 Å². The Balaban J connectivity index is 1.58. The van der Waals surface area contributed by atoms with Crippen molar-refractivity contribution in [2.75, 3.05) is 9.96 Å². The Morgan fingerprint density at radius 2 is 1.64 bits per heavy atom. The number of carbonyl (C=O) groups is 2. The molecule has 2 aliphatic rings. The van der Waals surface area contributed by atoms with E-state index in [0.29, 0.717) is 16.9 Å². The van der Waals surface area contributed by atoms with Crippen LogP contribution in [0.15, 0.2) is 78.9 Å². The maximum absolute atomic E-state index is 13.6. The fraction of sp³-hybridized carbons (Fsp3) is 0.200. The maximum atomic E-state index is 13.6. The van der Waals surface area contributed by atoms with E-state index in [0.717, 1.165) is 12.0 Å². The summed E-state index contributed by atoms with van der Waals surface area (Å²) in [6.45, 7) is 2.03. The van der Waals surface area contributed by atoms with Gasteiger partial charge in [0.25, 0.3) is 11.6 Å². The van der Waals surface area contributed by atoms with Gasteiger partial charge in [-0.15, -0.1) is 0 Å². The van der Waals surface area contributed by atoms with Crippen LogP contribution in [0.2, 0.25) is 0 Å². The summed E-state index contributed by atoms with van der Waals surface area (Å²) in [4.78, 5) is 45.1. The van der Waals surface area contributed by atoms with E-state index in [1.165, 1.54) is 22.1 Å². The Morgan fingerprint density at radius 3 is 2.30 bits per heavy atom. The van der Waals surface area contributed by atoms with E-state index in [1.54, 1.807) is 24.3 Å². The first kappa shape index (κ1) is 20.8. The predicted molar refractivity (Wildman–Crippen MR) is 121 cm³/mol. The first-order valence-corrected chi connectivity index (χ1v) is 10.7. The number of imide groups is 1. The van der Waals surface area contributed by atoms with Crippen molar-refractivity contribution in [3.05, 3.63) is 100 Å². The van der Waals surface area contributed by atoms with E-state index in [9.17, 15) is 19.7 Å². The van der Waals surface area contributed by atoms with Crippen LogP contribution >= 0.6 is 0 Å². The second-order valence-corrected chi connectivity index (χ2v) is 8.04. The molecule has 0 spiro atoms. The molecule has 0 aliphatic carbocycles. The van der Waals surface area contributed by atoms with E-state index in [1.807, 2.05) is 49.4 Å². The number of nitrogens with zero attached hydrogens (tertiary/aromatic N) is 3. The summed E-state index contributed by atoms with van der Waals surface area (Å²) < 4.78 is 0. The number of amides is 2. The number of nitro groups is 1. The number of para-hydroxylation sites is 1. The zero-order chi connectivity index (χ0) is 23.1. The molecule has 5 rings (SSSR count). The lowest BCUT2D eigenvalue weighted by molar-refractivity contribution is -0.384. The van der Waals surface area contributed by atoms with Gasteiger partial charge in [-0.1, -0.05) is 49.4 Å². The van der Waals surface area contributed by atoms with Crippen molar-refractivity contribution in [1.82, 2.24) is 0 Å². The van der Waals surface area contributed by atoms with E-state index in [2.05, 4.69) is 0 Å². The van der Waals surface area contributed by atoms with Gasteiger partial charge in [0.2, 0.25) is 5.91 Å². The fourth-order valence-electron chi connectivity index (χ4n) is 4.51. The minimum atomic E-state index is -1.02. The van der Waals surface area contributed by atoms with Gasteiger partial charge < -0.3 is 0 Å². The second kappa shape index (κ2) is 8.14. The van der Waals surface area contributed by atoms with Crippen molar-refractivity contribution in [3.63, 3.8) is 0 Å². The molecule has 0 radical (unpaired) electrons. The van der Waals surface area contributed by atoms with Gasteiger partial charge in [-0.3, -0.25) is 24.5 Å². The number of aryl methyl sites for hydroxylation is 1. The molecule has 0 aromatic heterocycles. The average molecular weight is 443 g/mol. The molecule has 3 aromatic rings. The largest absolute Gasteiger partial charge is 0.273 e. The zero-order valence-electron chi connectivity index (χ0n) is 17.8. The molecule has 3 aromatic carbocycles. The van der Waals surface area contributed by atoms with Crippen LogP contribution in [-0.4, -0.2) is 22.8 Å². The summed E-state index contributed by atoms with van der Waals surface area (Å²) >= 11 is 0. The lowest BCUT2D eigenvalue weighted by Gasteiger charge is -2.28. The first-order valence-electron chi connectivity index (χ1n) is 10.7. The molecule has 8 heteroatoms. The zero-order valence-corrected chi connectivity index (χ0v) is 17.8. The van der Waals surface area contributed by atoms with Gasteiger partial charge in [0.05, 0.1) is 22.3 Å². The Kier molecular flexibility index (Phi) is 5.14. The Labute approximate surface area is 190 Å². The van der Waals surface area contributed by atoms with Crippen molar-refractivity contribution in [2.45, 2.75) is 25.5 Å². The summed E-state index contributed by atoms with van der Waals surface area (Å²) in [6, 6.07) is 21.8. The number of rotatable bonds is 5. The summed E-state index contributed by atoms with van der Waals surface area (Å²) in [7, 11) is 0. The summed E-state index contributed by atoms with van der Waals surface area (Å²) in [5, 5.41) is 12.9. The van der Waals surface area contributed by atoms with Gasteiger partial charge >= 0.3 is 0 Å². The lowest BCUT2D eigenvalue weighted by Crippen LogP contribution is -2.37. The van der Waals surface area contributed by atoms with Crippen LogP contribution in [0.3, 0.4) is 0 Å². The molecular weight excluding hydrogens is 422 g/mol. The van der Waals surface area contributed by atoms with Crippen molar-refractivity contribution in [2.24, 2.45) is 5.92 Å². The number of anilines is 2. The van der Waals surface area contributed by atoms with Crippen LogP contribution in [-0.2, 0) is 20.8 Å². The first-order chi connectivity index (χ1) is 16.0. The molecule has 166 valence electrons. The molecule has 0 unspecified atom stereocenters. The predicted octanol–water partition coefficient (Wildman–Crippen LogP) is 4.21. The molecule has 0 N–H and O–H groups in total. The van der Waals surface area contributed by atoms with E-state index >= 15 is 0 Å². The highest BCUT2D eigenvalue weighted by Gasteiger charge is 2.60. The molecule has 2 aliphatic heterocycles. The van der Waals surface area contributed by atoms with Crippen LogP contribution in [0.25, 0.3) is 0 Å². The monoisotopic (exact) mass is 443 g/mol. The van der Waals surface area contributed by atoms with Gasteiger partial charge in [-0.05, 0) is 41.8 Å². The second-order valence-electron chi connectivity index (χ2n) is 8.04. The lowest BCUT2D eigenvalue weighted by atomic mass is 9.90. The van der Waals surface area contributed by atoms with Crippen LogP contribution in [0.1, 0.15) is 24.1 Å². The summed E-state index contributed by atoms with van der Waals surface area (Å²) in [6.07, 6.45) is -0.176. The number of benzene rings is 3. The minimum absolute atomic E-state index is 0.0901. The average Bonchev–Trinajstić information content (AvgIpc) is 3.36. The van der Waals surface area contributed by atoms with Crippen LogP contribution < -0.4 is 9.96 Å². The fourth-order valence-corrected chi connectivity index (χ4v) is 4.51. The Bertz CT molecular complexity index is 1230. The number of hydrogen-bond acceptors (Lipinski definition) is 6. The Hall–Kier alpha value is -4.04. The third kappa shape index (κ3) is 3.44. The van der Waals surface area contributed by atoms with E-state index in [4.69, 9.17) is 4.84 Å². The van der Waals surface area contributed by atoms with Crippen molar-refractivity contribution >= 4 is 28.9 Å². The van der Waals surface area contributed by atoms with Gasteiger partial charge in [0, 0.05) is 12.1 Å². The standard InChI is InChI=1S/C25H21N3O5/c1-2-16-11-13-18(14-12-16)26-24(29)21-22(17-7-6-10-20(15-17)28(31)32)27(33-23(21)25(26)30)19-8-4-3-5-9-19/h3-15,21-23H,2H2,1H3/t21-,22+,23+/m1/s1. The number of hydrogen-bond donors (Lipinski definition) is 0. The van der Waals surface area contributed by atoms with Gasteiger partial charge in [-0.2, -0.15) is 0 Å². The molecule has 0 saturated carbocycles. The highest BCUT2D eigenvalue weighted by atomic mass is 16.7. The number of non-ortho nitro benzene ring substituents is 1. The van der Waals surface area contributed by atoms with Gasteiger partial charge in [0.1, 0.15) is 5.92 Å². The number of fused-ring (bicyclic) bond motifs is 1. The molecular formula is C25H21N3O5. The smallest absolute Gasteiger partial charge is 0.269 e. The molecule has 0 bridgehead atoms. The topological polar surface area (TPSA) is 93.0 Å². The third-order valence-electron chi connectivity index (χ3n) is 6.15. The highest BCUT2D eigenvalue weighted by Crippen LogP contribution is 2.47. The third-order valence-corrected chi connectivity index (χ3v) is 6.15. The summed E-state index contributed by atoms with van der Waals surface area (Å²) in [5.74, 6) is -1.67. The van der Waals surface area contributed by atoms with Crippen molar-refractivity contribution < 1.29 is 19.3 Å². The molecule has 8 nitrogen and oxygen atoms in total. The number of hydroxylamine groups is 1. The van der Waals surface area contributed by atoms with Crippen molar-refractivity contribution in [3.8, 4) is 0 Å². The molecule has 2 saturated heterocycles. The summed E-state index contributed by atoms with van der Waals surface area (Å²) in [5.41, 5.74) is 2.68. The quantitative estimate of drug-likeness (QED) is 0.333. The SMILES string of the molecule is CCc1ccc(N2C(=O)[C@H]3[C@H](ON(c4ccccc4)[C@H]3c3cccc([N+](=O)[O-])c3)C2=O)cc1. The van der Waals surface area contributed by atoms with Crippen molar-refractivity contribution in [1.29, 1.82) is 0 Å². The molecule has 2 amide bonds. The normalized spacial score (nSPS) is 22.0. The van der Waals surface area contributed by atoms with Gasteiger partial charge in [0.15, 0.2) is 6.10 Å². The maximum Gasteiger partial charge on any atom is 0.269 e. The van der Waals surface area contributed by atoms with E-state index < -0.39 is 28.9 Å². The molecule has 33 heavy (non-hydrogen) atoms. The number of nitro benzene ring substituents is 1. The molecule has 2 fully saturated rings. The highest BCUT2D eigenvalue weighted by molar-refractivity contribution is 6.23. The number of carbonyl (C=O) groups excluding carboxylic acids is 2. The molecule has 3 atom stereocenters. The molecule has 2 heterocycles. The van der Waals surface area contributed by atoms with Crippen LogP contribution in [0.5, 0.6) is 0 Å². The van der Waals surface area contributed by atoms with Crippen LogP contribution in [0, 0.1) is 16.0 Å². The minimum Gasteiger partial charge on any atom is -0.273 e. The van der Waals surface area contributed by atoms with Gasteiger partial charge in [-0.25, -0.2) is 9.96 Å². The van der Waals surface area contributed by atoms with Crippen LogP contribution in [0.4, 0.5) is 17.1 Å².